The number of hydrogen-bond acceptors (Lipinski definition) is 4. The van der Waals surface area contributed by atoms with Gasteiger partial charge in [-0.15, -0.1) is 0 Å². The summed E-state index contributed by atoms with van der Waals surface area (Å²) in [6, 6.07) is 0. The van der Waals surface area contributed by atoms with Gasteiger partial charge in [0.1, 0.15) is 6.61 Å². The van der Waals surface area contributed by atoms with Gasteiger partial charge < -0.3 is 9.79 Å². The molecule has 37 heavy (non-hydrogen) atoms. The van der Waals surface area contributed by atoms with Gasteiger partial charge in [-0.05, 0) is 14.1 Å². The Morgan fingerprint density at radius 3 is 1.35 bits per heavy atom. The molecule has 1 N–H and O–H groups in total. The van der Waals surface area contributed by atoms with Crippen LogP contribution in [0, 0.1) is 11.8 Å². The van der Waals surface area contributed by atoms with Crippen molar-refractivity contribution in [3.8, 4) is 0 Å². The predicted octanol–water partition coefficient (Wildman–Crippen LogP) is 6.14. The molecule has 0 aromatic heterocycles. The van der Waals surface area contributed by atoms with Crippen LogP contribution in [0.2, 0.25) is 0 Å². The number of phosphoric acid groups is 1. The quantitative estimate of drug-likeness (QED) is 0.211. The molecule has 0 aliphatic carbocycles. The molecule has 224 valence electrons. The van der Waals surface area contributed by atoms with Gasteiger partial charge in [0.05, 0.1) is 6.61 Å². The molecule has 0 fully saturated rings. The third-order valence-electron chi connectivity index (χ3n) is 4.18. The molecule has 0 heterocycles. The third-order valence-corrected chi connectivity index (χ3v) is 5.14. The van der Waals surface area contributed by atoms with E-state index in [1.54, 1.807) is 0 Å². The Hall–Kier alpha value is -1.12. The first-order chi connectivity index (χ1) is 15.9. The van der Waals surface area contributed by atoms with Gasteiger partial charge in [0.2, 0.25) is 5.92 Å². The molecule has 23 heteroatoms. The minimum absolute atomic E-state index is 0.297. The highest BCUT2D eigenvalue weighted by Crippen LogP contribution is 2.62. The SMILES string of the molecule is CN(C)CCOP(=O)(O)OCC(F)(F)C(C(F)(F)F)C(F)(F)C(F)(F)C(F)(F)C(C(F)(F)F)C(F)(F)F. The van der Waals surface area contributed by atoms with Crippen LogP contribution in [-0.4, -0.2) is 85.9 Å². The van der Waals surface area contributed by atoms with Crippen molar-refractivity contribution < 1.29 is 93.1 Å². The number of phosphoric ester groups is 1. The van der Waals surface area contributed by atoms with E-state index < -0.39 is 75.1 Å². The molecule has 0 rings (SSSR count). The van der Waals surface area contributed by atoms with Crippen LogP contribution in [0.15, 0.2) is 0 Å². The molecule has 0 bridgehead atoms. The number of halogens is 17. The summed E-state index contributed by atoms with van der Waals surface area (Å²) in [6.07, 6.45) is -22.5. The van der Waals surface area contributed by atoms with Crippen LogP contribution in [0.4, 0.5) is 74.6 Å². The summed E-state index contributed by atoms with van der Waals surface area (Å²) in [7, 11) is -3.27. The van der Waals surface area contributed by atoms with Gasteiger partial charge in [0, 0.05) is 6.54 Å². The van der Waals surface area contributed by atoms with Crippen molar-refractivity contribution in [3.05, 3.63) is 0 Å². The fourth-order valence-corrected chi connectivity index (χ4v) is 3.24. The van der Waals surface area contributed by atoms with Gasteiger partial charge >= 0.3 is 44.1 Å². The smallest absolute Gasteiger partial charge is 0.307 e. The molecule has 0 saturated carbocycles. The lowest BCUT2D eigenvalue weighted by Gasteiger charge is -2.42. The van der Waals surface area contributed by atoms with Crippen LogP contribution >= 0.6 is 7.82 Å². The molecule has 2 unspecified atom stereocenters. The Balaban J connectivity index is 6.54. The van der Waals surface area contributed by atoms with Crippen molar-refractivity contribution in [2.45, 2.75) is 42.2 Å². The fourth-order valence-electron chi connectivity index (χ4n) is 2.52. The van der Waals surface area contributed by atoms with E-state index in [0.29, 0.717) is 0 Å². The lowest BCUT2D eigenvalue weighted by molar-refractivity contribution is -0.427. The summed E-state index contributed by atoms with van der Waals surface area (Å²) >= 11 is 0. The first-order valence-corrected chi connectivity index (χ1v) is 10.3. The molecule has 0 amide bonds. The zero-order valence-electron chi connectivity index (χ0n) is 17.8. The molecule has 2 atom stereocenters. The van der Waals surface area contributed by atoms with Gasteiger partial charge in [-0.25, -0.2) is 13.3 Å². The van der Waals surface area contributed by atoms with Gasteiger partial charge in [0.15, 0.2) is 5.92 Å². The average molecular weight is 615 g/mol. The molecule has 0 aliphatic heterocycles. The van der Waals surface area contributed by atoms with Crippen molar-refractivity contribution in [2.24, 2.45) is 11.8 Å². The van der Waals surface area contributed by atoms with Gasteiger partial charge in [-0.3, -0.25) is 9.05 Å². The Bertz CT molecular complexity index is 793. The third kappa shape index (κ3) is 8.43. The molecule has 0 aliphatic rings. The van der Waals surface area contributed by atoms with E-state index in [-0.39, 0.29) is 6.54 Å². The van der Waals surface area contributed by atoms with E-state index in [9.17, 15) is 79.2 Å². The molecular weight excluding hydrogens is 600 g/mol. The standard InChI is InChI=1S/C14H15F17NO4P/c1-32(2)3-4-35-37(33,34)36-5-8(15,16)6(11(21,22)23)9(17,18)14(30,31)10(19,20)7(12(24,25)26)13(27,28)29/h6-7H,3-5H2,1-2H3,(H,33,34). The summed E-state index contributed by atoms with van der Waals surface area (Å²) in [6.45, 7) is -4.60. The molecule has 5 nitrogen and oxygen atoms in total. The van der Waals surface area contributed by atoms with Crippen molar-refractivity contribution in [1.82, 2.24) is 4.90 Å². The highest BCUT2D eigenvalue weighted by atomic mass is 31.2. The summed E-state index contributed by atoms with van der Waals surface area (Å²) in [5.41, 5.74) is 0. The maximum absolute atomic E-state index is 14.0. The van der Waals surface area contributed by atoms with Crippen molar-refractivity contribution >= 4 is 7.82 Å². The lowest BCUT2D eigenvalue weighted by Crippen LogP contribution is -2.69. The topological polar surface area (TPSA) is 59.0 Å². The Kier molecular flexibility index (Phi) is 10.5. The van der Waals surface area contributed by atoms with E-state index in [4.69, 9.17) is 4.89 Å². The Morgan fingerprint density at radius 2 is 1.03 bits per heavy atom. The minimum Gasteiger partial charge on any atom is -0.307 e. The summed E-state index contributed by atoms with van der Waals surface area (Å²) < 4.78 is 243. The Labute approximate surface area is 195 Å². The van der Waals surface area contributed by atoms with E-state index in [0.717, 1.165) is 0 Å². The molecular formula is C14H15F17NO4P. The van der Waals surface area contributed by atoms with Crippen molar-refractivity contribution in [2.75, 3.05) is 33.9 Å². The molecule has 0 aromatic carbocycles. The summed E-state index contributed by atoms with van der Waals surface area (Å²) in [5.74, 6) is -44.5. The van der Waals surface area contributed by atoms with Crippen LogP contribution in [0.1, 0.15) is 0 Å². The lowest BCUT2D eigenvalue weighted by atomic mass is 9.82. The van der Waals surface area contributed by atoms with Crippen LogP contribution in [0.25, 0.3) is 0 Å². The van der Waals surface area contributed by atoms with E-state index >= 15 is 0 Å². The second-order valence-electron chi connectivity index (χ2n) is 7.45. The fraction of sp³-hybridized carbons (Fsp3) is 1.00. The molecule has 0 radical (unpaired) electrons. The number of rotatable bonds is 12. The maximum atomic E-state index is 14.0. The van der Waals surface area contributed by atoms with Gasteiger partial charge in [0.25, 0.3) is 5.92 Å². The van der Waals surface area contributed by atoms with Crippen LogP contribution in [-0.2, 0) is 13.6 Å². The maximum Gasteiger partial charge on any atom is 0.472 e. The highest BCUT2D eigenvalue weighted by Gasteiger charge is 2.87. The van der Waals surface area contributed by atoms with E-state index in [1.807, 2.05) is 0 Å². The first-order valence-electron chi connectivity index (χ1n) is 8.83. The second kappa shape index (κ2) is 10.8. The van der Waals surface area contributed by atoms with Crippen molar-refractivity contribution in [3.63, 3.8) is 0 Å². The number of alkyl halides is 17. The molecule has 0 aromatic rings. The number of likely N-dealkylation sites (N-methyl/N-ethyl adjacent to an activating group) is 1. The average Bonchev–Trinajstić information content (AvgIpc) is 2.54. The molecule has 0 spiro atoms. The zero-order chi connectivity index (χ0) is 30.3. The Morgan fingerprint density at radius 1 is 0.676 bits per heavy atom. The normalized spacial score (nSPS) is 17.9. The number of nitrogens with zero attached hydrogens (tertiary/aromatic N) is 1. The largest absolute Gasteiger partial charge is 0.472 e. The van der Waals surface area contributed by atoms with Crippen molar-refractivity contribution in [1.29, 1.82) is 0 Å². The summed E-state index contributed by atoms with van der Waals surface area (Å²) in [5, 5.41) is 0. The van der Waals surface area contributed by atoms with E-state index in [2.05, 4.69) is 9.05 Å². The van der Waals surface area contributed by atoms with Crippen LogP contribution in [0.5, 0.6) is 0 Å². The monoisotopic (exact) mass is 615 g/mol. The van der Waals surface area contributed by atoms with E-state index in [1.165, 1.54) is 19.0 Å². The predicted molar refractivity (Wildman–Crippen MR) is 85.2 cm³/mol. The number of hydrogen-bond donors (Lipinski definition) is 1. The van der Waals surface area contributed by atoms with Crippen LogP contribution < -0.4 is 0 Å². The zero-order valence-corrected chi connectivity index (χ0v) is 18.7. The summed E-state index contributed by atoms with van der Waals surface area (Å²) in [4.78, 5) is 10.3. The van der Waals surface area contributed by atoms with Gasteiger partial charge in [-0.2, -0.15) is 65.9 Å². The first kappa shape index (κ1) is 35.9. The minimum atomic E-state index is -8.40. The highest BCUT2D eigenvalue weighted by molar-refractivity contribution is 7.47. The second-order valence-corrected chi connectivity index (χ2v) is 8.90. The van der Waals surface area contributed by atoms with Crippen LogP contribution in [0.3, 0.4) is 0 Å². The van der Waals surface area contributed by atoms with Gasteiger partial charge in [-0.1, -0.05) is 0 Å². The molecule has 0 saturated heterocycles.